The lowest BCUT2D eigenvalue weighted by atomic mass is 9.96. The van der Waals surface area contributed by atoms with Crippen LogP contribution in [0.4, 0.5) is 0 Å². The minimum Gasteiger partial charge on any atom is -0.388 e. The monoisotopic (exact) mass is 298 g/mol. The molecule has 0 radical (unpaired) electrons. The summed E-state index contributed by atoms with van der Waals surface area (Å²) in [6.45, 7) is 6.52. The van der Waals surface area contributed by atoms with Gasteiger partial charge in [-0.1, -0.05) is 33.6 Å². The Hall–Kier alpha value is -1.10. The molecule has 2 amide bonds. The maximum Gasteiger partial charge on any atom is 0.225 e. The van der Waals surface area contributed by atoms with E-state index in [0.29, 0.717) is 25.9 Å². The molecule has 1 fully saturated rings. The molecule has 0 atom stereocenters. The molecule has 0 heterocycles. The molecule has 1 aliphatic carbocycles. The first-order valence-electron chi connectivity index (χ1n) is 7.89. The van der Waals surface area contributed by atoms with E-state index in [1.807, 2.05) is 20.8 Å². The number of hydrogen-bond donors (Lipinski definition) is 2. The number of carbonyl (C=O) groups excluding carboxylic acids is 2. The Morgan fingerprint density at radius 3 is 2.33 bits per heavy atom. The fourth-order valence-corrected chi connectivity index (χ4v) is 2.62. The fourth-order valence-electron chi connectivity index (χ4n) is 2.62. The van der Waals surface area contributed by atoms with Gasteiger partial charge in [-0.3, -0.25) is 9.59 Å². The molecular formula is C16H30N2O3. The van der Waals surface area contributed by atoms with E-state index < -0.39 is 11.0 Å². The first-order valence-corrected chi connectivity index (χ1v) is 7.89. The molecule has 0 unspecified atom stereocenters. The Balaban J connectivity index is 2.23. The predicted molar refractivity (Wildman–Crippen MR) is 82.8 cm³/mol. The van der Waals surface area contributed by atoms with Gasteiger partial charge in [0.2, 0.25) is 11.8 Å². The van der Waals surface area contributed by atoms with Crippen LogP contribution in [0.25, 0.3) is 0 Å². The molecular weight excluding hydrogens is 268 g/mol. The zero-order valence-corrected chi connectivity index (χ0v) is 13.9. The van der Waals surface area contributed by atoms with Crippen LogP contribution in [0, 0.1) is 5.41 Å². The predicted octanol–water partition coefficient (Wildman–Crippen LogP) is 1.69. The van der Waals surface area contributed by atoms with Crippen LogP contribution in [0.15, 0.2) is 0 Å². The molecule has 0 aromatic rings. The minimum atomic E-state index is -0.690. The van der Waals surface area contributed by atoms with Crippen molar-refractivity contribution < 1.29 is 14.7 Å². The van der Waals surface area contributed by atoms with Crippen molar-refractivity contribution in [3.8, 4) is 0 Å². The SMILES string of the molecule is CN(CC1(O)CCCC1)C(=O)CCCNC(=O)C(C)(C)C. The number of nitrogens with one attached hydrogen (secondary N) is 1. The normalized spacial score (nSPS) is 17.6. The number of rotatable bonds is 6. The lowest BCUT2D eigenvalue weighted by Crippen LogP contribution is -2.42. The summed E-state index contributed by atoms with van der Waals surface area (Å²) in [6, 6.07) is 0. The van der Waals surface area contributed by atoms with Gasteiger partial charge in [0.1, 0.15) is 0 Å². The van der Waals surface area contributed by atoms with E-state index in [1.54, 1.807) is 11.9 Å². The minimum absolute atomic E-state index is 0.00331. The number of amides is 2. The summed E-state index contributed by atoms with van der Waals surface area (Å²) < 4.78 is 0. The highest BCUT2D eigenvalue weighted by Crippen LogP contribution is 2.30. The molecule has 5 heteroatoms. The summed E-state index contributed by atoms with van der Waals surface area (Å²) in [4.78, 5) is 25.3. The number of nitrogens with zero attached hydrogens (tertiary/aromatic N) is 1. The lowest BCUT2D eigenvalue weighted by molar-refractivity contribution is -0.133. The van der Waals surface area contributed by atoms with Crippen molar-refractivity contribution in [1.82, 2.24) is 10.2 Å². The molecule has 1 saturated carbocycles. The quantitative estimate of drug-likeness (QED) is 0.733. The van der Waals surface area contributed by atoms with Crippen LogP contribution in [0.5, 0.6) is 0 Å². The summed E-state index contributed by atoms with van der Waals surface area (Å²) in [5, 5.41) is 13.1. The second-order valence-corrected chi connectivity index (χ2v) is 7.29. The standard InChI is InChI=1S/C16H30N2O3/c1-15(2,3)14(20)17-11-7-8-13(19)18(4)12-16(21)9-5-6-10-16/h21H,5-12H2,1-4H3,(H,17,20). The topological polar surface area (TPSA) is 69.6 Å². The van der Waals surface area contributed by atoms with Crippen LogP contribution in [-0.4, -0.2) is 47.6 Å². The fraction of sp³-hybridized carbons (Fsp3) is 0.875. The molecule has 21 heavy (non-hydrogen) atoms. The van der Waals surface area contributed by atoms with Crippen molar-refractivity contribution in [3.63, 3.8) is 0 Å². The number of likely N-dealkylation sites (N-methyl/N-ethyl adjacent to an activating group) is 1. The summed E-state index contributed by atoms with van der Waals surface area (Å²) in [7, 11) is 1.74. The Morgan fingerprint density at radius 2 is 1.81 bits per heavy atom. The second-order valence-electron chi connectivity index (χ2n) is 7.29. The van der Waals surface area contributed by atoms with Crippen molar-refractivity contribution in [2.75, 3.05) is 20.1 Å². The van der Waals surface area contributed by atoms with Crippen molar-refractivity contribution in [2.45, 2.75) is 64.9 Å². The summed E-state index contributed by atoms with van der Waals surface area (Å²) >= 11 is 0. The van der Waals surface area contributed by atoms with E-state index in [9.17, 15) is 14.7 Å². The molecule has 5 nitrogen and oxygen atoms in total. The Bertz CT molecular complexity index is 368. The molecule has 0 aromatic heterocycles. The molecule has 0 spiro atoms. The highest BCUT2D eigenvalue weighted by molar-refractivity contribution is 5.81. The first kappa shape index (κ1) is 18.0. The first-order chi connectivity index (χ1) is 9.64. The number of hydrogen-bond acceptors (Lipinski definition) is 3. The average molecular weight is 298 g/mol. The van der Waals surface area contributed by atoms with Gasteiger partial charge in [0, 0.05) is 32.0 Å². The third-order valence-corrected chi connectivity index (χ3v) is 4.03. The van der Waals surface area contributed by atoms with E-state index in [0.717, 1.165) is 25.7 Å². The Kier molecular flexibility index (Phi) is 6.20. The van der Waals surface area contributed by atoms with Crippen molar-refractivity contribution in [3.05, 3.63) is 0 Å². The third-order valence-electron chi connectivity index (χ3n) is 4.03. The Labute approximate surface area is 128 Å². The van der Waals surface area contributed by atoms with E-state index >= 15 is 0 Å². The van der Waals surface area contributed by atoms with Crippen LogP contribution in [-0.2, 0) is 9.59 Å². The van der Waals surface area contributed by atoms with Gasteiger partial charge in [-0.05, 0) is 19.3 Å². The molecule has 1 aliphatic rings. The third kappa shape index (κ3) is 6.04. The molecule has 0 aromatic carbocycles. The van der Waals surface area contributed by atoms with Gasteiger partial charge in [-0.25, -0.2) is 0 Å². The van der Waals surface area contributed by atoms with Crippen LogP contribution < -0.4 is 5.32 Å². The number of aliphatic hydroxyl groups is 1. The van der Waals surface area contributed by atoms with Gasteiger partial charge in [0.25, 0.3) is 0 Å². The van der Waals surface area contributed by atoms with Gasteiger partial charge in [0.05, 0.1) is 5.60 Å². The van der Waals surface area contributed by atoms with Gasteiger partial charge in [-0.15, -0.1) is 0 Å². The van der Waals surface area contributed by atoms with Crippen LogP contribution in [0.1, 0.15) is 59.3 Å². The Morgan fingerprint density at radius 1 is 1.24 bits per heavy atom. The molecule has 0 saturated heterocycles. The van der Waals surface area contributed by atoms with Crippen molar-refractivity contribution >= 4 is 11.8 Å². The van der Waals surface area contributed by atoms with Crippen LogP contribution >= 0.6 is 0 Å². The summed E-state index contributed by atoms with van der Waals surface area (Å²) in [6.07, 6.45) is 4.67. The molecule has 122 valence electrons. The van der Waals surface area contributed by atoms with E-state index in [2.05, 4.69) is 5.32 Å². The van der Waals surface area contributed by atoms with E-state index in [1.165, 1.54) is 0 Å². The highest BCUT2D eigenvalue weighted by atomic mass is 16.3. The molecule has 0 aliphatic heterocycles. The van der Waals surface area contributed by atoms with Gasteiger partial charge in [0.15, 0.2) is 0 Å². The maximum atomic E-state index is 12.0. The van der Waals surface area contributed by atoms with Gasteiger partial charge in [-0.2, -0.15) is 0 Å². The summed E-state index contributed by atoms with van der Waals surface area (Å²) in [5.41, 5.74) is -1.09. The zero-order valence-electron chi connectivity index (χ0n) is 13.9. The maximum absolute atomic E-state index is 12.0. The number of carbonyl (C=O) groups is 2. The lowest BCUT2D eigenvalue weighted by Gasteiger charge is -2.28. The smallest absolute Gasteiger partial charge is 0.225 e. The molecule has 1 rings (SSSR count). The largest absolute Gasteiger partial charge is 0.388 e. The summed E-state index contributed by atoms with van der Waals surface area (Å²) in [5.74, 6) is 0.0314. The molecule has 0 bridgehead atoms. The van der Waals surface area contributed by atoms with Gasteiger partial charge < -0.3 is 15.3 Å². The zero-order chi connectivity index (χ0) is 16.1. The van der Waals surface area contributed by atoms with Crippen LogP contribution in [0.3, 0.4) is 0 Å². The van der Waals surface area contributed by atoms with Crippen molar-refractivity contribution in [1.29, 1.82) is 0 Å². The second kappa shape index (κ2) is 7.25. The van der Waals surface area contributed by atoms with Crippen LogP contribution in [0.2, 0.25) is 0 Å². The van der Waals surface area contributed by atoms with E-state index in [4.69, 9.17) is 0 Å². The molecule has 2 N–H and O–H groups in total. The van der Waals surface area contributed by atoms with E-state index in [-0.39, 0.29) is 11.8 Å². The van der Waals surface area contributed by atoms with Gasteiger partial charge >= 0.3 is 0 Å². The van der Waals surface area contributed by atoms with Crippen molar-refractivity contribution in [2.24, 2.45) is 5.41 Å². The average Bonchev–Trinajstić information content (AvgIpc) is 2.79. The highest BCUT2D eigenvalue weighted by Gasteiger charge is 2.33.